The number of sulfone groups is 1. The number of hydrogen-bond acceptors (Lipinski definition) is 4. The van der Waals surface area contributed by atoms with E-state index in [0.29, 0.717) is 22.4 Å². The van der Waals surface area contributed by atoms with Gasteiger partial charge in [0.2, 0.25) is 0 Å². The van der Waals surface area contributed by atoms with Gasteiger partial charge in [0.15, 0.2) is 9.84 Å². The Hall–Kier alpha value is -2.51. The molecule has 0 spiro atoms. The number of nitrogens with zero attached hydrogens (tertiary/aromatic N) is 2. The molecule has 0 fully saturated rings. The molecular formula is C17H16FN3O2S. The summed E-state index contributed by atoms with van der Waals surface area (Å²) in [5.41, 5.74) is 8.26. The first-order valence-electron chi connectivity index (χ1n) is 7.22. The molecule has 0 radical (unpaired) electrons. The third-order valence-electron chi connectivity index (χ3n) is 3.62. The molecule has 124 valence electrons. The number of hydrogen-bond donors (Lipinski definition) is 1. The van der Waals surface area contributed by atoms with Crippen molar-refractivity contribution in [3.63, 3.8) is 0 Å². The molecule has 2 aromatic carbocycles. The topological polar surface area (TPSA) is 78.0 Å². The van der Waals surface area contributed by atoms with E-state index < -0.39 is 9.84 Å². The lowest BCUT2D eigenvalue weighted by molar-refractivity contribution is 0.601. The Morgan fingerprint density at radius 1 is 1.17 bits per heavy atom. The van der Waals surface area contributed by atoms with Crippen molar-refractivity contribution in [3.8, 4) is 16.8 Å². The van der Waals surface area contributed by atoms with Gasteiger partial charge < -0.3 is 5.73 Å². The van der Waals surface area contributed by atoms with Crippen molar-refractivity contribution in [2.24, 2.45) is 5.73 Å². The molecule has 0 saturated heterocycles. The summed E-state index contributed by atoms with van der Waals surface area (Å²) in [4.78, 5) is 0.216. The minimum absolute atomic E-state index is 0.216. The molecule has 0 aliphatic heterocycles. The zero-order valence-corrected chi connectivity index (χ0v) is 13.8. The molecule has 0 unspecified atom stereocenters. The van der Waals surface area contributed by atoms with Crippen LogP contribution in [0.2, 0.25) is 0 Å². The summed E-state index contributed by atoms with van der Waals surface area (Å²) in [6, 6.07) is 11.1. The summed E-state index contributed by atoms with van der Waals surface area (Å²) >= 11 is 0. The van der Waals surface area contributed by atoms with Crippen molar-refractivity contribution < 1.29 is 12.8 Å². The SMILES string of the molecule is CS(=O)(=O)c1cccc(-n2cc(-c3cc(F)cc(CN)c3)cn2)c1. The second kappa shape index (κ2) is 6.18. The van der Waals surface area contributed by atoms with Crippen LogP contribution in [0.4, 0.5) is 4.39 Å². The van der Waals surface area contributed by atoms with Crippen LogP contribution in [0.5, 0.6) is 0 Å². The first-order chi connectivity index (χ1) is 11.4. The Morgan fingerprint density at radius 2 is 1.96 bits per heavy atom. The predicted molar refractivity (Wildman–Crippen MR) is 90.0 cm³/mol. The maximum atomic E-state index is 13.7. The van der Waals surface area contributed by atoms with E-state index in [-0.39, 0.29) is 17.3 Å². The Kier molecular flexibility index (Phi) is 4.21. The zero-order valence-electron chi connectivity index (χ0n) is 13.0. The third-order valence-corrected chi connectivity index (χ3v) is 4.73. The summed E-state index contributed by atoms with van der Waals surface area (Å²) in [7, 11) is -3.30. The van der Waals surface area contributed by atoms with E-state index in [1.54, 1.807) is 41.3 Å². The van der Waals surface area contributed by atoms with E-state index >= 15 is 0 Å². The predicted octanol–water partition coefficient (Wildman–Crippen LogP) is 2.54. The fraction of sp³-hybridized carbons (Fsp3) is 0.118. The molecule has 0 amide bonds. The normalized spacial score (nSPS) is 11.6. The highest BCUT2D eigenvalue weighted by Gasteiger charge is 2.10. The van der Waals surface area contributed by atoms with Crippen LogP contribution < -0.4 is 5.73 Å². The smallest absolute Gasteiger partial charge is 0.175 e. The van der Waals surface area contributed by atoms with Gasteiger partial charge in [-0.15, -0.1) is 0 Å². The molecule has 3 rings (SSSR count). The second-order valence-electron chi connectivity index (χ2n) is 5.50. The largest absolute Gasteiger partial charge is 0.326 e. The van der Waals surface area contributed by atoms with E-state index in [1.807, 2.05) is 0 Å². The molecule has 0 aliphatic rings. The van der Waals surface area contributed by atoms with Crippen LogP contribution in [-0.2, 0) is 16.4 Å². The van der Waals surface area contributed by atoms with Gasteiger partial charge >= 0.3 is 0 Å². The van der Waals surface area contributed by atoms with Crippen LogP contribution in [0.1, 0.15) is 5.56 Å². The van der Waals surface area contributed by atoms with Crippen LogP contribution in [0.15, 0.2) is 59.8 Å². The van der Waals surface area contributed by atoms with E-state index in [1.165, 1.54) is 18.2 Å². The van der Waals surface area contributed by atoms with E-state index in [0.717, 1.165) is 6.26 Å². The van der Waals surface area contributed by atoms with Crippen molar-refractivity contribution in [1.29, 1.82) is 0 Å². The summed E-state index contributed by atoms with van der Waals surface area (Å²) in [6.07, 6.45) is 4.47. The summed E-state index contributed by atoms with van der Waals surface area (Å²) in [6.45, 7) is 0.245. The van der Waals surface area contributed by atoms with Crippen molar-refractivity contribution >= 4 is 9.84 Å². The Morgan fingerprint density at radius 3 is 2.67 bits per heavy atom. The fourth-order valence-corrected chi connectivity index (χ4v) is 3.07. The number of rotatable bonds is 4. The molecule has 0 saturated carbocycles. The fourth-order valence-electron chi connectivity index (χ4n) is 2.40. The molecule has 3 aromatic rings. The molecule has 0 bridgehead atoms. The standard InChI is InChI=1S/C17H16FN3O2S/c1-24(22,23)17-4-2-3-16(8-17)21-11-14(10-20-21)13-5-12(9-19)6-15(18)7-13/h2-8,10-11H,9,19H2,1H3. The molecule has 1 aromatic heterocycles. The van der Waals surface area contributed by atoms with E-state index in [2.05, 4.69) is 5.10 Å². The van der Waals surface area contributed by atoms with Gasteiger partial charge in [-0.2, -0.15) is 5.10 Å². The van der Waals surface area contributed by atoms with Crippen molar-refractivity contribution in [2.45, 2.75) is 11.4 Å². The molecule has 2 N–H and O–H groups in total. The van der Waals surface area contributed by atoms with Crippen LogP contribution in [0, 0.1) is 5.82 Å². The zero-order chi connectivity index (χ0) is 17.3. The molecular weight excluding hydrogens is 329 g/mol. The van der Waals surface area contributed by atoms with E-state index in [4.69, 9.17) is 5.73 Å². The average Bonchev–Trinajstić information content (AvgIpc) is 3.03. The maximum Gasteiger partial charge on any atom is 0.175 e. The molecule has 0 atom stereocenters. The Bertz CT molecular complexity index is 997. The average molecular weight is 345 g/mol. The van der Waals surface area contributed by atoms with Gasteiger partial charge in [-0.05, 0) is 47.5 Å². The lowest BCUT2D eigenvalue weighted by atomic mass is 10.1. The summed E-state index contributed by atoms with van der Waals surface area (Å²) < 4.78 is 38.6. The van der Waals surface area contributed by atoms with Gasteiger partial charge in [0, 0.05) is 24.6 Å². The lowest BCUT2D eigenvalue weighted by Gasteiger charge is -2.04. The van der Waals surface area contributed by atoms with Gasteiger partial charge in [-0.3, -0.25) is 0 Å². The Labute approximate surface area is 139 Å². The van der Waals surface area contributed by atoms with Crippen molar-refractivity contribution in [2.75, 3.05) is 6.26 Å². The third kappa shape index (κ3) is 3.37. The first-order valence-corrected chi connectivity index (χ1v) is 9.11. The number of benzene rings is 2. The van der Waals surface area contributed by atoms with E-state index in [9.17, 15) is 12.8 Å². The van der Waals surface area contributed by atoms with Gasteiger partial charge in [0.05, 0.1) is 16.8 Å². The minimum atomic E-state index is -3.30. The van der Waals surface area contributed by atoms with Crippen LogP contribution in [0.25, 0.3) is 16.8 Å². The van der Waals surface area contributed by atoms with Gasteiger partial charge in [0.1, 0.15) is 5.82 Å². The highest BCUT2D eigenvalue weighted by molar-refractivity contribution is 7.90. The van der Waals surface area contributed by atoms with Crippen LogP contribution >= 0.6 is 0 Å². The number of nitrogens with two attached hydrogens (primary N) is 1. The summed E-state index contributed by atoms with van der Waals surface area (Å²) in [5.74, 6) is -0.361. The second-order valence-corrected chi connectivity index (χ2v) is 7.51. The highest BCUT2D eigenvalue weighted by Crippen LogP contribution is 2.23. The summed E-state index contributed by atoms with van der Waals surface area (Å²) in [5, 5.41) is 4.24. The van der Waals surface area contributed by atoms with Crippen molar-refractivity contribution in [1.82, 2.24) is 9.78 Å². The lowest BCUT2D eigenvalue weighted by Crippen LogP contribution is -2.00. The van der Waals surface area contributed by atoms with Crippen LogP contribution in [0.3, 0.4) is 0 Å². The highest BCUT2D eigenvalue weighted by atomic mass is 32.2. The van der Waals surface area contributed by atoms with Gasteiger partial charge in [-0.25, -0.2) is 17.5 Å². The molecule has 5 nitrogen and oxygen atoms in total. The molecule has 1 heterocycles. The van der Waals surface area contributed by atoms with Crippen LogP contribution in [-0.4, -0.2) is 24.5 Å². The maximum absolute atomic E-state index is 13.7. The van der Waals surface area contributed by atoms with Gasteiger partial charge in [-0.1, -0.05) is 6.07 Å². The minimum Gasteiger partial charge on any atom is -0.326 e. The molecule has 0 aliphatic carbocycles. The first kappa shape index (κ1) is 16.4. The molecule has 24 heavy (non-hydrogen) atoms. The van der Waals surface area contributed by atoms with Crippen molar-refractivity contribution in [3.05, 3.63) is 66.2 Å². The molecule has 7 heteroatoms. The number of aromatic nitrogens is 2. The Balaban J connectivity index is 2.01. The number of halogens is 1. The van der Waals surface area contributed by atoms with Gasteiger partial charge in [0.25, 0.3) is 0 Å². The quantitative estimate of drug-likeness (QED) is 0.788. The monoisotopic (exact) mass is 345 g/mol.